The van der Waals surface area contributed by atoms with E-state index in [-0.39, 0.29) is 28.2 Å². The number of hydrogen-bond donors (Lipinski definition) is 1. The maximum absolute atomic E-state index is 12.3. The summed E-state index contributed by atoms with van der Waals surface area (Å²) in [6.07, 6.45) is 3.41. The second-order valence-electron chi connectivity index (χ2n) is 5.61. The Balaban J connectivity index is 1.67. The summed E-state index contributed by atoms with van der Waals surface area (Å²) in [6.45, 7) is 1.85. The summed E-state index contributed by atoms with van der Waals surface area (Å²) in [5.74, 6) is -0.341. The molecule has 1 N–H and O–H groups in total. The predicted octanol–water partition coefficient (Wildman–Crippen LogP) is 2.21. The third-order valence-corrected chi connectivity index (χ3v) is 4.35. The van der Waals surface area contributed by atoms with Gasteiger partial charge >= 0.3 is 0 Å². The van der Waals surface area contributed by atoms with Gasteiger partial charge in [0.1, 0.15) is 0 Å². The van der Waals surface area contributed by atoms with Crippen molar-refractivity contribution in [3.05, 3.63) is 38.9 Å². The molecule has 0 bridgehead atoms. The Morgan fingerprint density at radius 2 is 2.14 bits per heavy atom. The molecule has 7 heteroatoms. The molecule has 0 radical (unpaired) electrons. The van der Waals surface area contributed by atoms with Gasteiger partial charge in [0.05, 0.1) is 15.5 Å². The van der Waals surface area contributed by atoms with Crippen LogP contribution in [0.4, 0.5) is 5.69 Å². The topological polar surface area (TPSA) is 75.5 Å². The number of hydrogen-bond acceptors (Lipinski definition) is 4. The SMILES string of the molecule is O=C(NC1CCN(C2CC2)C1)c1cc([N+](=O)[O-])ccc1Cl. The lowest BCUT2D eigenvalue weighted by Crippen LogP contribution is -2.37. The molecule has 3 rings (SSSR count). The molecule has 1 amide bonds. The molecular formula is C14H16ClN3O3. The van der Waals surface area contributed by atoms with Crippen molar-refractivity contribution in [3.63, 3.8) is 0 Å². The zero-order valence-electron chi connectivity index (χ0n) is 11.4. The Bertz CT molecular complexity index is 589. The second kappa shape index (κ2) is 5.61. The minimum Gasteiger partial charge on any atom is -0.348 e. The van der Waals surface area contributed by atoms with Gasteiger partial charge in [0.25, 0.3) is 11.6 Å². The van der Waals surface area contributed by atoms with E-state index in [0.29, 0.717) is 6.04 Å². The lowest BCUT2D eigenvalue weighted by atomic mass is 10.1. The van der Waals surface area contributed by atoms with Crippen molar-refractivity contribution in [1.29, 1.82) is 0 Å². The highest BCUT2D eigenvalue weighted by atomic mass is 35.5. The van der Waals surface area contributed by atoms with E-state index in [1.165, 1.54) is 31.0 Å². The fourth-order valence-electron chi connectivity index (χ4n) is 2.74. The van der Waals surface area contributed by atoms with Crippen LogP contribution in [0.25, 0.3) is 0 Å². The number of nitrogens with one attached hydrogen (secondary N) is 1. The number of nitrogens with zero attached hydrogens (tertiary/aromatic N) is 2. The number of nitro benzene ring substituents is 1. The van der Waals surface area contributed by atoms with E-state index in [2.05, 4.69) is 10.2 Å². The fourth-order valence-corrected chi connectivity index (χ4v) is 2.94. The van der Waals surface area contributed by atoms with Crippen LogP contribution in [-0.2, 0) is 0 Å². The van der Waals surface area contributed by atoms with Gasteiger partial charge in [-0.3, -0.25) is 19.8 Å². The first-order valence-electron chi connectivity index (χ1n) is 7.03. The van der Waals surface area contributed by atoms with E-state index in [9.17, 15) is 14.9 Å². The molecular weight excluding hydrogens is 294 g/mol. The van der Waals surface area contributed by atoms with Gasteiger partial charge < -0.3 is 5.32 Å². The molecule has 1 atom stereocenters. The van der Waals surface area contributed by atoms with Crippen LogP contribution in [0, 0.1) is 10.1 Å². The fraction of sp³-hybridized carbons (Fsp3) is 0.500. The van der Waals surface area contributed by atoms with Crippen LogP contribution >= 0.6 is 11.6 Å². The minimum absolute atomic E-state index is 0.0911. The monoisotopic (exact) mass is 309 g/mol. The van der Waals surface area contributed by atoms with Crippen LogP contribution in [0.3, 0.4) is 0 Å². The van der Waals surface area contributed by atoms with Crippen molar-refractivity contribution in [2.24, 2.45) is 0 Å². The van der Waals surface area contributed by atoms with E-state index in [0.717, 1.165) is 19.5 Å². The molecule has 0 spiro atoms. The van der Waals surface area contributed by atoms with Crippen molar-refractivity contribution >= 4 is 23.2 Å². The van der Waals surface area contributed by atoms with Gasteiger partial charge in [0.2, 0.25) is 0 Å². The number of likely N-dealkylation sites (tertiary alicyclic amines) is 1. The number of halogens is 1. The van der Waals surface area contributed by atoms with Gasteiger partial charge in [0.15, 0.2) is 0 Å². The molecule has 1 saturated heterocycles. The molecule has 1 unspecified atom stereocenters. The summed E-state index contributed by atoms with van der Waals surface area (Å²) in [5.41, 5.74) is 0.0336. The molecule has 2 aliphatic rings. The third kappa shape index (κ3) is 3.16. The predicted molar refractivity (Wildman–Crippen MR) is 78.6 cm³/mol. The van der Waals surface area contributed by atoms with Crippen LogP contribution in [0.1, 0.15) is 29.6 Å². The Kier molecular flexibility index (Phi) is 3.82. The highest BCUT2D eigenvalue weighted by Gasteiger charge is 2.35. The summed E-state index contributed by atoms with van der Waals surface area (Å²) in [5, 5.41) is 13.9. The number of nitro groups is 1. The Morgan fingerprint density at radius 1 is 1.38 bits per heavy atom. The number of benzene rings is 1. The van der Waals surface area contributed by atoms with Crippen molar-refractivity contribution < 1.29 is 9.72 Å². The first-order valence-corrected chi connectivity index (χ1v) is 7.41. The van der Waals surface area contributed by atoms with Gasteiger partial charge in [-0.05, 0) is 25.3 Å². The zero-order chi connectivity index (χ0) is 15.0. The van der Waals surface area contributed by atoms with Gasteiger partial charge in [-0.25, -0.2) is 0 Å². The van der Waals surface area contributed by atoms with Crippen LogP contribution in [0.2, 0.25) is 5.02 Å². The molecule has 21 heavy (non-hydrogen) atoms. The van der Waals surface area contributed by atoms with Crippen molar-refractivity contribution in [1.82, 2.24) is 10.2 Å². The molecule has 1 aliphatic carbocycles. The first kappa shape index (κ1) is 14.3. The van der Waals surface area contributed by atoms with Gasteiger partial charge in [-0.15, -0.1) is 0 Å². The molecule has 1 saturated carbocycles. The van der Waals surface area contributed by atoms with Crippen LogP contribution < -0.4 is 5.32 Å². The molecule has 2 fully saturated rings. The Labute approximate surface area is 127 Å². The average Bonchev–Trinajstić information content (AvgIpc) is 3.20. The Hall–Kier alpha value is -1.66. The standard InChI is InChI=1S/C14H16ClN3O3/c15-13-4-3-11(18(20)21)7-12(13)14(19)16-9-5-6-17(8-9)10-1-2-10/h3-4,7,9-10H,1-2,5-6,8H2,(H,16,19). The second-order valence-corrected chi connectivity index (χ2v) is 6.01. The summed E-state index contributed by atoms with van der Waals surface area (Å²) < 4.78 is 0. The molecule has 6 nitrogen and oxygen atoms in total. The van der Waals surface area contributed by atoms with Gasteiger partial charge in [-0.2, -0.15) is 0 Å². The maximum atomic E-state index is 12.3. The lowest BCUT2D eigenvalue weighted by molar-refractivity contribution is -0.384. The van der Waals surface area contributed by atoms with Crippen molar-refractivity contribution in [2.75, 3.05) is 13.1 Å². The van der Waals surface area contributed by atoms with E-state index < -0.39 is 4.92 Å². The highest BCUT2D eigenvalue weighted by Crippen LogP contribution is 2.30. The number of rotatable bonds is 4. The van der Waals surface area contributed by atoms with E-state index in [1.807, 2.05) is 0 Å². The summed E-state index contributed by atoms with van der Waals surface area (Å²) >= 11 is 5.98. The number of carbonyl (C=O) groups is 1. The summed E-state index contributed by atoms with van der Waals surface area (Å²) in [4.78, 5) is 24.9. The normalized spacial score (nSPS) is 22.2. The molecule has 0 aromatic heterocycles. The zero-order valence-corrected chi connectivity index (χ0v) is 12.2. The molecule has 112 valence electrons. The lowest BCUT2D eigenvalue weighted by Gasteiger charge is -2.16. The number of non-ortho nitro benzene ring substituents is 1. The third-order valence-electron chi connectivity index (χ3n) is 4.02. The first-order chi connectivity index (χ1) is 10.0. The van der Waals surface area contributed by atoms with E-state index in [4.69, 9.17) is 11.6 Å². The molecule has 1 aromatic carbocycles. The molecule has 1 aromatic rings. The van der Waals surface area contributed by atoms with Crippen LogP contribution in [-0.4, -0.2) is 40.9 Å². The smallest absolute Gasteiger partial charge is 0.270 e. The van der Waals surface area contributed by atoms with E-state index in [1.54, 1.807) is 0 Å². The summed E-state index contributed by atoms with van der Waals surface area (Å²) in [6, 6.07) is 4.69. The minimum atomic E-state index is -0.530. The average molecular weight is 310 g/mol. The van der Waals surface area contributed by atoms with Crippen molar-refractivity contribution in [3.8, 4) is 0 Å². The quantitative estimate of drug-likeness (QED) is 0.683. The van der Waals surface area contributed by atoms with E-state index >= 15 is 0 Å². The Morgan fingerprint density at radius 3 is 2.81 bits per heavy atom. The molecule has 1 aliphatic heterocycles. The summed E-state index contributed by atoms with van der Waals surface area (Å²) in [7, 11) is 0. The maximum Gasteiger partial charge on any atom is 0.270 e. The van der Waals surface area contributed by atoms with Crippen molar-refractivity contribution in [2.45, 2.75) is 31.3 Å². The number of carbonyl (C=O) groups excluding carboxylic acids is 1. The van der Waals surface area contributed by atoms with Gasteiger partial charge in [0, 0.05) is 37.3 Å². The molecule has 1 heterocycles. The van der Waals surface area contributed by atoms with Crippen LogP contribution in [0.5, 0.6) is 0 Å². The van der Waals surface area contributed by atoms with Crippen LogP contribution in [0.15, 0.2) is 18.2 Å². The van der Waals surface area contributed by atoms with Gasteiger partial charge in [-0.1, -0.05) is 11.6 Å². The largest absolute Gasteiger partial charge is 0.348 e. The number of amides is 1. The highest BCUT2D eigenvalue weighted by molar-refractivity contribution is 6.33.